The van der Waals surface area contributed by atoms with Crippen LogP contribution in [0.4, 0.5) is 0 Å². The van der Waals surface area contributed by atoms with Crippen LogP contribution in [-0.4, -0.2) is 36.2 Å². The second-order valence-electron chi connectivity index (χ2n) is 3.45. The van der Waals surface area contributed by atoms with E-state index in [1.54, 1.807) is 0 Å². The summed E-state index contributed by atoms with van der Waals surface area (Å²) in [6, 6.07) is 0. The summed E-state index contributed by atoms with van der Waals surface area (Å²) in [5, 5.41) is 15.0. The molecule has 3 N–H and O–H groups in total. The normalized spacial score (nSPS) is 11.4. The van der Waals surface area contributed by atoms with Gasteiger partial charge in [-0.1, -0.05) is 13.8 Å². The van der Waals surface area contributed by atoms with Crippen LogP contribution in [0.3, 0.4) is 0 Å². The molecule has 0 aliphatic carbocycles. The number of aliphatic hydroxyl groups excluding tert-OH is 1. The van der Waals surface area contributed by atoms with Crippen LogP contribution >= 0.6 is 0 Å². The molecule has 0 fully saturated rings. The highest BCUT2D eigenvalue weighted by Crippen LogP contribution is 2.13. The summed E-state index contributed by atoms with van der Waals surface area (Å²) in [5.41, 5.74) is -0.301. The zero-order chi connectivity index (χ0) is 11.0. The Morgan fingerprint density at radius 1 is 1.29 bits per heavy atom. The Kier molecular flexibility index (Phi) is 6.49. The summed E-state index contributed by atoms with van der Waals surface area (Å²) < 4.78 is 0. The molecule has 0 atom stereocenters. The quantitative estimate of drug-likeness (QED) is 0.555. The molecule has 0 radical (unpaired) electrons. The van der Waals surface area contributed by atoms with Gasteiger partial charge in [-0.25, -0.2) is 0 Å². The minimum Gasteiger partial charge on any atom is -0.394 e. The Morgan fingerprint density at radius 3 is 2.21 bits per heavy atom. The summed E-state index contributed by atoms with van der Waals surface area (Å²) in [5.74, 6) is -0.0211. The number of hydrogen-bond acceptors (Lipinski definition) is 3. The summed E-state index contributed by atoms with van der Waals surface area (Å²) in [6.07, 6.45) is 1.64. The summed E-state index contributed by atoms with van der Waals surface area (Å²) in [4.78, 5) is 11.2. The van der Waals surface area contributed by atoms with E-state index >= 15 is 0 Å². The van der Waals surface area contributed by atoms with E-state index in [1.165, 1.54) is 0 Å². The van der Waals surface area contributed by atoms with Crippen molar-refractivity contribution in [3.05, 3.63) is 0 Å². The highest BCUT2D eigenvalue weighted by atomic mass is 16.3. The van der Waals surface area contributed by atoms with Gasteiger partial charge in [-0.05, 0) is 19.8 Å². The van der Waals surface area contributed by atoms with E-state index in [-0.39, 0.29) is 24.6 Å². The van der Waals surface area contributed by atoms with Crippen molar-refractivity contribution in [2.24, 2.45) is 0 Å². The standard InChI is InChI=1S/C10H22N2O2/c1-4-10(5-2,8-13)12-7-9(14)11-6-3/h12-13H,4-8H2,1-3H3,(H,11,14). The Labute approximate surface area is 86.1 Å². The lowest BCUT2D eigenvalue weighted by Crippen LogP contribution is -2.51. The first-order valence-electron chi connectivity index (χ1n) is 5.26. The van der Waals surface area contributed by atoms with Gasteiger partial charge in [0.05, 0.1) is 13.2 Å². The average Bonchev–Trinajstić information content (AvgIpc) is 2.21. The van der Waals surface area contributed by atoms with Gasteiger partial charge in [0, 0.05) is 12.1 Å². The molecule has 84 valence electrons. The average molecular weight is 202 g/mol. The second-order valence-corrected chi connectivity index (χ2v) is 3.45. The van der Waals surface area contributed by atoms with Crippen molar-refractivity contribution in [3.8, 4) is 0 Å². The van der Waals surface area contributed by atoms with Crippen LogP contribution in [0.2, 0.25) is 0 Å². The molecule has 4 nitrogen and oxygen atoms in total. The molecule has 0 spiro atoms. The maximum Gasteiger partial charge on any atom is 0.233 e. The third-order valence-electron chi connectivity index (χ3n) is 2.65. The molecule has 0 aromatic carbocycles. The number of aliphatic hydroxyl groups is 1. The van der Waals surface area contributed by atoms with E-state index in [0.29, 0.717) is 6.54 Å². The maximum absolute atomic E-state index is 11.2. The summed E-state index contributed by atoms with van der Waals surface area (Å²) in [7, 11) is 0. The van der Waals surface area contributed by atoms with E-state index in [0.717, 1.165) is 12.8 Å². The van der Waals surface area contributed by atoms with E-state index in [9.17, 15) is 9.90 Å². The van der Waals surface area contributed by atoms with Crippen molar-refractivity contribution in [2.45, 2.75) is 39.2 Å². The number of carbonyl (C=O) groups excluding carboxylic acids is 1. The van der Waals surface area contributed by atoms with Crippen molar-refractivity contribution >= 4 is 5.91 Å². The Hall–Kier alpha value is -0.610. The highest BCUT2D eigenvalue weighted by Gasteiger charge is 2.24. The topological polar surface area (TPSA) is 61.4 Å². The van der Waals surface area contributed by atoms with Gasteiger partial charge in [-0.3, -0.25) is 4.79 Å². The van der Waals surface area contributed by atoms with Crippen molar-refractivity contribution < 1.29 is 9.90 Å². The minimum atomic E-state index is -0.301. The monoisotopic (exact) mass is 202 g/mol. The minimum absolute atomic E-state index is 0.0211. The Balaban J connectivity index is 3.99. The molecule has 0 aliphatic heterocycles. The fraction of sp³-hybridized carbons (Fsp3) is 0.900. The molecule has 0 heterocycles. The van der Waals surface area contributed by atoms with E-state index < -0.39 is 0 Å². The van der Waals surface area contributed by atoms with Gasteiger partial charge in [0.1, 0.15) is 0 Å². The molecule has 4 heteroatoms. The van der Waals surface area contributed by atoms with Gasteiger partial charge >= 0.3 is 0 Å². The molecule has 0 unspecified atom stereocenters. The third-order valence-corrected chi connectivity index (χ3v) is 2.65. The van der Waals surface area contributed by atoms with E-state index in [2.05, 4.69) is 10.6 Å². The fourth-order valence-corrected chi connectivity index (χ4v) is 1.31. The van der Waals surface area contributed by atoms with Gasteiger partial charge in [0.25, 0.3) is 0 Å². The first-order valence-corrected chi connectivity index (χ1v) is 5.26. The first kappa shape index (κ1) is 13.4. The highest BCUT2D eigenvalue weighted by molar-refractivity contribution is 5.78. The van der Waals surface area contributed by atoms with Gasteiger partial charge in [-0.2, -0.15) is 0 Å². The van der Waals surface area contributed by atoms with Crippen LogP contribution in [0.25, 0.3) is 0 Å². The largest absolute Gasteiger partial charge is 0.394 e. The van der Waals surface area contributed by atoms with Crippen molar-refractivity contribution in [3.63, 3.8) is 0 Å². The molecule has 0 saturated carbocycles. The number of hydrogen-bond donors (Lipinski definition) is 3. The number of carbonyl (C=O) groups is 1. The zero-order valence-corrected chi connectivity index (χ0v) is 9.39. The number of amides is 1. The van der Waals surface area contributed by atoms with Crippen LogP contribution in [0.15, 0.2) is 0 Å². The Bertz CT molecular complexity index is 159. The molecule has 0 aromatic rings. The first-order chi connectivity index (χ1) is 6.64. The van der Waals surface area contributed by atoms with Crippen LogP contribution in [-0.2, 0) is 4.79 Å². The summed E-state index contributed by atoms with van der Waals surface area (Å²) >= 11 is 0. The molecule has 0 aliphatic rings. The number of likely N-dealkylation sites (N-methyl/N-ethyl adjacent to an activating group) is 1. The lowest BCUT2D eigenvalue weighted by Gasteiger charge is -2.30. The van der Waals surface area contributed by atoms with Gasteiger partial charge in [0.2, 0.25) is 5.91 Å². The maximum atomic E-state index is 11.2. The molecule has 0 saturated heterocycles. The number of nitrogens with one attached hydrogen (secondary N) is 2. The lowest BCUT2D eigenvalue weighted by atomic mass is 9.94. The van der Waals surface area contributed by atoms with Crippen LogP contribution in [0.5, 0.6) is 0 Å². The summed E-state index contributed by atoms with van der Waals surface area (Å²) in [6.45, 7) is 6.88. The lowest BCUT2D eigenvalue weighted by molar-refractivity contribution is -0.120. The fourth-order valence-electron chi connectivity index (χ4n) is 1.31. The smallest absolute Gasteiger partial charge is 0.233 e. The SMILES string of the molecule is CCNC(=O)CNC(CC)(CC)CO. The molecule has 0 aromatic heterocycles. The molecule has 1 amide bonds. The predicted octanol–water partition coefficient (Wildman–Crippen LogP) is 0.263. The second kappa shape index (κ2) is 6.79. The van der Waals surface area contributed by atoms with Gasteiger partial charge in [0.15, 0.2) is 0 Å². The van der Waals surface area contributed by atoms with Crippen LogP contribution in [0, 0.1) is 0 Å². The van der Waals surface area contributed by atoms with Crippen molar-refractivity contribution in [1.82, 2.24) is 10.6 Å². The molecule has 0 bridgehead atoms. The van der Waals surface area contributed by atoms with Crippen molar-refractivity contribution in [2.75, 3.05) is 19.7 Å². The van der Waals surface area contributed by atoms with E-state index in [4.69, 9.17) is 0 Å². The van der Waals surface area contributed by atoms with E-state index in [1.807, 2.05) is 20.8 Å². The van der Waals surface area contributed by atoms with Crippen LogP contribution < -0.4 is 10.6 Å². The van der Waals surface area contributed by atoms with Gasteiger partial charge < -0.3 is 15.7 Å². The predicted molar refractivity (Wildman–Crippen MR) is 57.1 cm³/mol. The molecular formula is C10H22N2O2. The van der Waals surface area contributed by atoms with Crippen molar-refractivity contribution in [1.29, 1.82) is 0 Å². The van der Waals surface area contributed by atoms with Gasteiger partial charge in [-0.15, -0.1) is 0 Å². The third kappa shape index (κ3) is 4.07. The molecular weight excluding hydrogens is 180 g/mol. The molecule has 0 rings (SSSR count). The number of rotatable bonds is 7. The molecule has 14 heavy (non-hydrogen) atoms. The van der Waals surface area contributed by atoms with Crippen LogP contribution in [0.1, 0.15) is 33.6 Å². The Morgan fingerprint density at radius 2 is 1.86 bits per heavy atom. The zero-order valence-electron chi connectivity index (χ0n) is 9.39.